The van der Waals surface area contributed by atoms with Gasteiger partial charge in [0, 0.05) is 0 Å². The van der Waals surface area contributed by atoms with Crippen molar-refractivity contribution < 1.29 is 4.65 Å². The van der Waals surface area contributed by atoms with Crippen LogP contribution < -0.4 is 4.65 Å². The molecule has 3 aromatic rings. The first-order chi connectivity index (χ1) is 13.0. The number of hydrogen-bond acceptors (Lipinski definition) is 3. The summed E-state index contributed by atoms with van der Waals surface area (Å²) in [5.74, 6) is 0.770. The Labute approximate surface area is 162 Å². The number of rotatable bonds is 4. The molecule has 1 aromatic carbocycles. The summed E-state index contributed by atoms with van der Waals surface area (Å²) in [6, 6.07) is 8.06. The number of hydrogen-bond donors (Lipinski definition) is 0. The van der Waals surface area contributed by atoms with Crippen LogP contribution in [-0.2, 0) is 6.54 Å². The van der Waals surface area contributed by atoms with E-state index >= 15 is 0 Å². The van der Waals surface area contributed by atoms with E-state index < -0.39 is 0 Å². The first-order valence-electron chi connectivity index (χ1n) is 9.30. The molecule has 2 heterocycles. The van der Waals surface area contributed by atoms with Gasteiger partial charge in [-0.1, -0.05) is 13.8 Å². The summed E-state index contributed by atoms with van der Waals surface area (Å²) in [4.78, 5) is 4.54. The summed E-state index contributed by atoms with van der Waals surface area (Å²) in [6.07, 6.45) is 2.09. The molecular weight excluding hydrogens is 333 g/mol. The van der Waals surface area contributed by atoms with Crippen LogP contribution in [0.4, 0.5) is 0 Å². The van der Waals surface area contributed by atoms with Crippen molar-refractivity contribution in [3.8, 4) is 22.9 Å². The van der Waals surface area contributed by atoms with Crippen molar-refractivity contribution >= 4 is 24.6 Å². The summed E-state index contributed by atoms with van der Waals surface area (Å²) in [7, 11) is 1.43. The molecule has 0 bridgehead atoms. The average Bonchev–Trinajstić information content (AvgIpc) is 3.01. The van der Waals surface area contributed by atoms with Gasteiger partial charge in [0.05, 0.1) is 0 Å². The molecular formula is C22H26BN3O. The molecule has 0 saturated heterocycles. The molecule has 0 N–H and O–H groups in total. The van der Waals surface area contributed by atoms with E-state index in [0.717, 1.165) is 51.1 Å². The molecule has 0 fully saturated rings. The van der Waals surface area contributed by atoms with E-state index in [1.807, 2.05) is 39.0 Å². The normalized spacial score (nSPS) is 9.96. The number of fused-ring (bicyclic) bond motifs is 1. The van der Waals surface area contributed by atoms with Crippen LogP contribution in [0.2, 0.25) is 0 Å². The van der Waals surface area contributed by atoms with Gasteiger partial charge in [-0.2, -0.15) is 0 Å². The first kappa shape index (κ1) is 20.4. The number of aryl methyl sites for hydroxylation is 3. The van der Waals surface area contributed by atoms with Gasteiger partial charge in [-0.3, -0.25) is 0 Å². The Balaban J connectivity index is 0.00000126. The predicted octanol–water partition coefficient (Wildman–Crippen LogP) is 4.98. The van der Waals surface area contributed by atoms with E-state index in [2.05, 4.69) is 49.1 Å². The predicted molar refractivity (Wildman–Crippen MR) is 115 cm³/mol. The summed E-state index contributed by atoms with van der Waals surface area (Å²) >= 11 is 0. The fourth-order valence-corrected chi connectivity index (χ4v) is 3.44. The SMILES string of the molecule is C=BOc1ccc(C)c(-c2cc(C#N)nc3c2c(C)cn3CC)c1C.CC. The minimum absolute atomic E-state index is 0.421. The minimum atomic E-state index is 0.421. The molecule has 3 rings (SSSR count). The first-order valence-corrected chi connectivity index (χ1v) is 9.30. The van der Waals surface area contributed by atoms with Crippen LogP contribution in [-0.4, -0.2) is 23.1 Å². The third-order valence-electron chi connectivity index (χ3n) is 4.57. The summed E-state index contributed by atoms with van der Waals surface area (Å²) in [5.41, 5.74) is 6.69. The number of benzene rings is 1. The van der Waals surface area contributed by atoms with Crippen LogP contribution in [0.15, 0.2) is 24.4 Å². The average molecular weight is 359 g/mol. The Bertz CT molecular complexity index is 1030. The van der Waals surface area contributed by atoms with Crippen molar-refractivity contribution in [1.29, 1.82) is 5.26 Å². The van der Waals surface area contributed by atoms with Crippen molar-refractivity contribution in [1.82, 2.24) is 9.55 Å². The summed E-state index contributed by atoms with van der Waals surface area (Å²) in [5, 5.41) is 10.5. The van der Waals surface area contributed by atoms with Crippen molar-refractivity contribution in [2.75, 3.05) is 0 Å². The van der Waals surface area contributed by atoms with Crippen LogP contribution in [0.3, 0.4) is 0 Å². The zero-order valence-electron chi connectivity index (χ0n) is 17.1. The molecule has 0 spiro atoms. The van der Waals surface area contributed by atoms with Crippen molar-refractivity contribution in [2.45, 2.75) is 48.1 Å². The molecule has 5 heteroatoms. The van der Waals surface area contributed by atoms with Crippen LogP contribution in [0.25, 0.3) is 22.2 Å². The summed E-state index contributed by atoms with van der Waals surface area (Å²) in [6.45, 7) is 16.7. The van der Waals surface area contributed by atoms with Gasteiger partial charge in [0.25, 0.3) is 0 Å². The smallest absolute Gasteiger partial charge is 0.0683 e. The Hall–Kier alpha value is -2.87. The van der Waals surface area contributed by atoms with E-state index in [1.165, 1.54) is 7.12 Å². The van der Waals surface area contributed by atoms with Crippen LogP contribution >= 0.6 is 0 Å². The van der Waals surface area contributed by atoms with Gasteiger partial charge < -0.3 is 0 Å². The Morgan fingerprint density at radius 2 is 1.93 bits per heavy atom. The van der Waals surface area contributed by atoms with Crippen molar-refractivity contribution in [2.24, 2.45) is 0 Å². The molecule has 138 valence electrons. The van der Waals surface area contributed by atoms with E-state index in [1.54, 1.807) is 0 Å². The van der Waals surface area contributed by atoms with Gasteiger partial charge >= 0.3 is 148 Å². The topological polar surface area (TPSA) is 50.8 Å². The molecule has 0 unspecified atom stereocenters. The van der Waals surface area contributed by atoms with Gasteiger partial charge in [-0.15, -0.1) is 0 Å². The second-order valence-electron chi connectivity index (χ2n) is 6.13. The second-order valence-corrected chi connectivity index (χ2v) is 6.13. The number of nitriles is 1. The van der Waals surface area contributed by atoms with Crippen LogP contribution in [0.5, 0.6) is 5.75 Å². The number of nitrogens with zero attached hydrogens (tertiary/aromatic N) is 3. The standard InChI is InChI=1S/C20H20BN3O.C2H6/c1-6-24-11-13(3)19-16(9-15(10-22)23-20(19)24)18-12(2)7-8-17(14(18)4)25-21-5;1-2/h7-9,11H,5-6H2,1-4H3;1-2H3. The molecule has 0 saturated carbocycles. The quantitative estimate of drug-likeness (QED) is 0.618. The maximum atomic E-state index is 9.46. The monoisotopic (exact) mass is 359 g/mol. The van der Waals surface area contributed by atoms with Gasteiger partial charge in [0.2, 0.25) is 0 Å². The zero-order valence-corrected chi connectivity index (χ0v) is 17.1. The largest absolute Gasteiger partial charge is 0.0683 e. The van der Waals surface area contributed by atoms with Gasteiger partial charge in [0.15, 0.2) is 0 Å². The Morgan fingerprint density at radius 3 is 2.52 bits per heavy atom. The maximum absolute atomic E-state index is 9.46. The second kappa shape index (κ2) is 8.68. The third-order valence-corrected chi connectivity index (χ3v) is 4.57. The molecule has 0 aliphatic rings. The van der Waals surface area contributed by atoms with E-state index in [4.69, 9.17) is 4.65 Å². The molecule has 27 heavy (non-hydrogen) atoms. The summed E-state index contributed by atoms with van der Waals surface area (Å²) < 4.78 is 7.64. The maximum Gasteiger partial charge on any atom is -0.0683 e. The number of aromatic nitrogens is 2. The molecule has 2 aromatic heterocycles. The molecule has 0 aliphatic carbocycles. The number of pyridine rings is 1. The minimum Gasteiger partial charge on any atom is -0.0683 e. The van der Waals surface area contributed by atoms with Gasteiger partial charge in [-0.05, 0) is 0 Å². The van der Waals surface area contributed by atoms with E-state index in [0.29, 0.717) is 5.69 Å². The van der Waals surface area contributed by atoms with Crippen molar-refractivity contribution in [3.63, 3.8) is 0 Å². The van der Waals surface area contributed by atoms with Crippen LogP contribution in [0.1, 0.15) is 43.2 Å². The van der Waals surface area contributed by atoms with Gasteiger partial charge in [0.1, 0.15) is 0 Å². The fraction of sp³-hybridized carbons (Fsp3) is 0.318. The zero-order chi connectivity index (χ0) is 20.1. The van der Waals surface area contributed by atoms with E-state index in [-0.39, 0.29) is 0 Å². The van der Waals surface area contributed by atoms with E-state index in [9.17, 15) is 5.26 Å². The molecule has 4 nitrogen and oxygen atoms in total. The fourth-order valence-electron chi connectivity index (χ4n) is 3.44. The Kier molecular flexibility index (Phi) is 6.57. The van der Waals surface area contributed by atoms with Crippen LogP contribution in [0, 0.1) is 32.1 Å². The third kappa shape index (κ3) is 3.66. The molecule has 0 radical (unpaired) electrons. The molecule has 0 amide bonds. The molecule has 0 aliphatic heterocycles. The molecule has 0 atom stereocenters. The van der Waals surface area contributed by atoms with Gasteiger partial charge in [-0.25, -0.2) is 0 Å². The Morgan fingerprint density at radius 1 is 1.22 bits per heavy atom. The van der Waals surface area contributed by atoms with Crippen molar-refractivity contribution in [3.05, 3.63) is 46.8 Å².